The van der Waals surface area contributed by atoms with Crippen molar-refractivity contribution in [3.63, 3.8) is 0 Å². The highest BCUT2D eigenvalue weighted by Gasteiger charge is 2.19. The van der Waals surface area contributed by atoms with E-state index in [0.29, 0.717) is 0 Å². The predicted octanol–water partition coefficient (Wildman–Crippen LogP) is 0.182. The van der Waals surface area contributed by atoms with E-state index in [4.69, 9.17) is 0 Å². The molecule has 1 heterocycles. The summed E-state index contributed by atoms with van der Waals surface area (Å²) in [4.78, 5) is 33.6. The molecule has 0 saturated heterocycles. The molecule has 0 aromatic carbocycles. The van der Waals surface area contributed by atoms with Crippen LogP contribution in [-0.2, 0) is 14.3 Å². The third-order valence-electron chi connectivity index (χ3n) is 1.73. The minimum Gasteiger partial charge on any atom is -0.460 e. The van der Waals surface area contributed by atoms with Gasteiger partial charge in [0.15, 0.2) is 5.78 Å². The molecule has 0 spiro atoms. The zero-order valence-corrected chi connectivity index (χ0v) is 8.67. The van der Waals surface area contributed by atoms with Crippen LogP contribution >= 0.6 is 0 Å². The van der Waals surface area contributed by atoms with Gasteiger partial charge in [0.1, 0.15) is 0 Å². The first-order valence-corrected chi connectivity index (χ1v) is 4.65. The molecule has 0 aliphatic carbocycles. The summed E-state index contributed by atoms with van der Waals surface area (Å²) in [6.45, 7) is 1.69. The summed E-state index contributed by atoms with van der Waals surface area (Å²) in [5.74, 6) is -2.32. The topological polar surface area (TPSA) is 86.2 Å². The molecule has 1 aromatic heterocycles. The molecular formula is C10H10N2O4. The molecule has 0 saturated carbocycles. The number of rotatable bonds is 5. The highest BCUT2D eigenvalue weighted by molar-refractivity contribution is 6.38. The maximum atomic E-state index is 11.5. The van der Waals surface area contributed by atoms with E-state index < -0.39 is 24.0 Å². The SMILES string of the molecule is CCOC(=O)C(=O)CC(=O)c1ccnnc1. The van der Waals surface area contributed by atoms with E-state index in [9.17, 15) is 14.4 Å². The van der Waals surface area contributed by atoms with Crippen LogP contribution < -0.4 is 0 Å². The first-order valence-electron chi connectivity index (χ1n) is 4.65. The summed E-state index contributed by atoms with van der Waals surface area (Å²) >= 11 is 0. The number of Topliss-reactive ketones (excluding diaryl/α,β-unsaturated/α-hetero) is 2. The molecule has 0 radical (unpaired) electrons. The Labute approximate surface area is 91.6 Å². The largest absolute Gasteiger partial charge is 0.460 e. The second-order valence-electron chi connectivity index (χ2n) is 2.87. The number of ether oxygens (including phenoxy) is 1. The Morgan fingerprint density at radius 1 is 1.31 bits per heavy atom. The van der Waals surface area contributed by atoms with Gasteiger partial charge in [0.2, 0.25) is 5.78 Å². The van der Waals surface area contributed by atoms with Crippen LogP contribution in [0.1, 0.15) is 23.7 Å². The van der Waals surface area contributed by atoms with Crippen LogP contribution in [0.4, 0.5) is 0 Å². The molecule has 0 N–H and O–H groups in total. The van der Waals surface area contributed by atoms with Crippen molar-refractivity contribution in [1.82, 2.24) is 10.2 Å². The lowest BCUT2D eigenvalue weighted by atomic mass is 10.1. The Kier molecular flexibility index (Phi) is 4.26. The summed E-state index contributed by atoms with van der Waals surface area (Å²) in [6.07, 6.45) is 2.06. The van der Waals surface area contributed by atoms with Gasteiger partial charge in [-0.15, -0.1) is 0 Å². The van der Waals surface area contributed by atoms with Gasteiger partial charge in [0.25, 0.3) is 0 Å². The molecule has 0 fully saturated rings. The van der Waals surface area contributed by atoms with E-state index in [1.54, 1.807) is 6.92 Å². The lowest BCUT2D eigenvalue weighted by Gasteiger charge is -2.00. The molecule has 0 bridgehead atoms. The van der Waals surface area contributed by atoms with E-state index >= 15 is 0 Å². The molecule has 1 rings (SSSR count). The molecule has 6 nitrogen and oxygen atoms in total. The quantitative estimate of drug-likeness (QED) is 0.306. The number of ketones is 2. The van der Waals surface area contributed by atoms with Crippen LogP contribution in [0.2, 0.25) is 0 Å². The molecule has 1 aromatic rings. The van der Waals surface area contributed by atoms with Crippen molar-refractivity contribution in [3.8, 4) is 0 Å². The average Bonchev–Trinajstić information content (AvgIpc) is 2.30. The van der Waals surface area contributed by atoms with Gasteiger partial charge in [0.05, 0.1) is 25.4 Å². The summed E-state index contributed by atoms with van der Waals surface area (Å²) in [7, 11) is 0. The Bertz CT molecular complexity index is 403. The van der Waals surface area contributed by atoms with Crippen molar-refractivity contribution < 1.29 is 19.1 Å². The van der Waals surface area contributed by atoms with Crippen molar-refractivity contribution in [1.29, 1.82) is 0 Å². The van der Waals surface area contributed by atoms with Gasteiger partial charge >= 0.3 is 5.97 Å². The summed E-state index contributed by atoms with van der Waals surface area (Å²) in [5.41, 5.74) is 0.243. The smallest absolute Gasteiger partial charge is 0.375 e. The minimum absolute atomic E-state index is 0.107. The molecule has 0 atom stereocenters. The molecule has 0 aliphatic heterocycles. The monoisotopic (exact) mass is 222 g/mol. The summed E-state index contributed by atoms with van der Waals surface area (Å²) in [6, 6.07) is 1.42. The van der Waals surface area contributed by atoms with E-state index in [2.05, 4.69) is 14.9 Å². The fourth-order valence-corrected chi connectivity index (χ4v) is 0.987. The van der Waals surface area contributed by atoms with Crippen molar-refractivity contribution in [2.75, 3.05) is 6.61 Å². The summed E-state index contributed by atoms with van der Waals surface area (Å²) in [5, 5.41) is 6.99. The zero-order chi connectivity index (χ0) is 12.0. The van der Waals surface area contributed by atoms with Gasteiger partial charge in [-0.2, -0.15) is 10.2 Å². The van der Waals surface area contributed by atoms with Gasteiger partial charge in [0, 0.05) is 5.56 Å². The van der Waals surface area contributed by atoms with Gasteiger partial charge in [-0.1, -0.05) is 0 Å². The van der Waals surface area contributed by atoms with Crippen molar-refractivity contribution in [3.05, 3.63) is 24.0 Å². The molecule has 0 aliphatic rings. The van der Waals surface area contributed by atoms with Crippen molar-refractivity contribution >= 4 is 17.5 Å². The normalized spacial score (nSPS) is 9.56. The second-order valence-corrected chi connectivity index (χ2v) is 2.87. The first kappa shape index (κ1) is 12.0. The Balaban J connectivity index is 2.59. The van der Waals surface area contributed by atoms with E-state index in [1.165, 1.54) is 18.5 Å². The van der Waals surface area contributed by atoms with Crippen molar-refractivity contribution in [2.24, 2.45) is 0 Å². The van der Waals surface area contributed by atoms with Crippen LogP contribution in [0.3, 0.4) is 0 Å². The number of hydrogen-bond donors (Lipinski definition) is 0. The Morgan fingerprint density at radius 2 is 2.06 bits per heavy atom. The molecule has 0 unspecified atom stereocenters. The summed E-state index contributed by atoms with van der Waals surface area (Å²) < 4.78 is 4.47. The maximum absolute atomic E-state index is 11.5. The first-order chi connectivity index (χ1) is 7.65. The van der Waals surface area contributed by atoms with Crippen LogP contribution in [0.15, 0.2) is 18.5 Å². The molecule has 0 amide bonds. The maximum Gasteiger partial charge on any atom is 0.375 e. The van der Waals surface area contributed by atoms with Crippen LogP contribution in [0, 0.1) is 0 Å². The number of aromatic nitrogens is 2. The highest BCUT2D eigenvalue weighted by Crippen LogP contribution is 2.01. The van der Waals surface area contributed by atoms with Crippen molar-refractivity contribution in [2.45, 2.75) is 13.3 Å². The zero-order valence-electron chi connectivity index (χ0n) is 8.67. The number of esters is 1. The van der Waals surface area contributed by atoms with Crippen LogP contribution in [0.25, 0.3) is 0 Å². The molecular weight excluding hydrogens is 212 g/mol. The Morgan fingerprint density at radius 3 is 2.62 bits per heavy atom. The van der Waals surface area contributed by atoms with Gasteiger partial charge in [-0.25, -0.2) is 4.79 Å². The number of nitrogens with zero attached hydrogens (tertiary/aromatic N) is 2. The minimum atomic E-state index is -0.988. The number of hydrogen-bond acceptors (Lipinski definition) is 6. The standard InChI is InChI=1S/C10H10N2O4/c1-2-16-10(15)9(14)5-8(13)7-3-4-11-12-6-7/h3-4,6H,2,5H2,1H3. The highest BCUT2D eigenvalue weighted by atomic mass is 16.5. The third-order valence-corrected chi connectivity index (χ3v) is 1.73. The molecule has 84 valence electrons. The fourth-order valence-electron chi connectivity index (χ4n) is 0.987. The lowest BCUT2D eigenvalue weighted by molar-refractivity contribution is -0.153. The van der Waals surface area contributed by atoms with E-state index in [1.807, 2.05) is 0 Å². The van der Waals surface area contributed by atoms with E-state index in [-0.39, 0.29) is 12.2 Å². The van der Waals surface area contributed by atoms with Gasteiger partial charge < -0.3 is 4.74 Å². The third kappa shape index (κ3) is 3.23. The second kappa shape index (κ2) is 5.69. The molecule has 6 heteroatoms. The number of carbonyl (C=O) groups excluding carboxylic acids is 3. The van der Waals surface area contributed by atoms with Gasteiger partial charge in [-0.05, 0) is 13.0 Å². The van der Waals surface area contributed by atoms with Gasteiger partial charge in [-0.3, -0.25) is 9.59 Å². The Hall–Kier alpha value is -2.11. The lowest BCUT2D eigenvalue weighted by Crippen LogP contribution is -2.20. The fraction of sp³-hybridized carbons (Fsp3) is 0.300. The number of carbonyl (C=O) groups is 3. The van der Waals surface area contributed by atoms with E-state index in [0.717, 1.165) is 0 Å². The van der Waals surface area contributed by atoms with Crippen LogP contribution in [0.5, 0.6) is 0 Å². The average molecular weight is 222 g/mol. The predicted molar refractivity (Wildman–Crippen MR) is 52.6 cm³/mol. The molecule has 16 heavy (non-hydrogen) atoms. The van der Waals surface area contributed by atoms with Crippen LogP contribution in [-0.4, -0.2) is 34.3 Å².